The first kappa shape index (κ1) is 21.0. The van der Waals surface area contributed by atoms with E-state index in [4.69, 9.17) is 4.74 Å². The maximum atomic E-state index is 12.1. The number of hydrogen-bond donors (Lipinski definition) is 2. The summed E-state index contributed by atoms with van der Waals surface area (Å²) >= 11 is 0. The summed E-state index contributed by atoms with van der Waals surface area (Å²) in [6.45, 7) is 6.05. The molecule has 1 atom stereocenters. The van der Waals surface area contributed by atoms with E-state index in [1.165, 1.54) is 5.56 Å². The second kappa shape index (κ2) is 10.7. The Morgan fingerprint density at radius 1 is 1.00 bits per heavy atom. The fourth-order valence-electron chi connectivity index (χ4n) is 3.42. The van der Waals surface area contributed by atoms with Crippen molar-refractivity contribution >= 4 is 11.8 Å². The van der Waals surface area contributed by atoms with Crippen molar-refractivity contribution in [1.29, 1.82) is 0 Å². The average Bonchev–Trinajstić information content (AvgIpc) is 2.72. The Bertz CT molecular complexity index is 810. The van der Waals surface area contributed by atoms with Crippen molar-refractivity contribution < 1.29 is 14.3 Å². The molecule has 2 amide bonds. The molecule has 0 saturated carbocycles. The Labute approximate surface area is 172 Å². The van der Waals surface area contributed by atoms with Gasteiger partial charge in [-0.25, -0.2) is 0 Å². The van der Waals surface area contributed by atoms with Crippen LogP contribution in [0, 0.1) is 0 Å². The highest BCUT2D eigenvalue weighted by atomic mass is 16.5. The Morgan fingerprint density at radius 2 is 1.76 bits per heavy atom. The Morgan fingerprint density at radius 3 is 2.55 bits per heavy atom. The highest BCUT2D eigenvalue weighted by Gasteiger charge is 2.16. The summed E-state index contributed by atoms with van der Waals surface area (Å²) in [5.74, 6) is -0.355. The van der Waals surface area contributed by atoms with E-state index in [0.29, 0.717) is 6.54 Å². The van der Waals surface area contributed by atoms with Gasteiger partial charge in [0.15, 0.2) is 0 Å². The molecule has 2 aromatic rings. The van der Waals surface area contributed by atoms with E-state index >= 15 is 0 Å². The van der Waals surface area contributed by atoms with Gasteiger partial charge in [0, 0.05) is 26.2 Å². The number of nitrogens with one attached hydrogen (secondary N) is 2. The van der Waals surface area contributed by atoms with E-state index in [1.807, 2.05) is 42.5 Å². The highest BCUT2D eigenvalue weighted by molar-refractivity contribution is 5.85. The van der Waals surface area contributed by atoms with Crippen molar-refractivity contribution in [2.75, 3.05) is 26.2 Å². The SMILES string of the molecule is CC1CN(Cc2cccc(CNC(=O)CNC(=O)Cc3ccccc3)c2)CCO1. The molecule has 1 unspecified atom stereocenters. The van der Waals surface area contributed by atoms with Crippen molar-refractivity contribution in [3.8, 4) is 0 Å². The van der Waals surface area contributed by atoms with E-state index in [9.17, 15) is 9.59 Å². The van der Waals surface area contributed by atoms with E-state index in [0.717, 1.165) is 37.4 Å². The number of rotatable bonds is 8. The molecule has 1 aliphatic rings. The molecule has 1 saturated heterocycles. The molecular formula is C23H29N3O3. The number of nitrogens with zero attached hydrogens (tertiary/aromatic N) is 1. The van der Waals surface area contributed by atoms with Crippen molar-refractivity contribution in [3.63, 3.8) is 0 Å². The molecule has 0 aromatic heterocycles. The van der Waals surface area contributed by atoms with Crippen LogP contribution in [0.5, 0.6) is 0 Å². The molecule has 6 heteroatoms. The van der Waals surface area contributed by atoms with Gasteiger partial charge in [-0.1, -0.05) is 54.6 Å². The van der Waals surface area contributed by atoms with Gasteiger partial charge in [0.2, 0.25) is 11.8 Å². The zero-order valence-electron chi connectivity index (χ0n) is 16.9. The summed E-state index contributed by atoms with van der Waals surface area (Å²) in [4.78, 5) is 26.4. The second-order valence-corrected chi connectivity index (χ2v) is 7.45. The van der Waals surface area contributed by atoms with Crippen LogP contribution in [0.15, 0.2) is 54.6 Å². The summed E-state index contributed by atoms with van der Waals surface area (Å²) in [5.41, 5.74) is 3.20. The molecular weight excluding hydrogens is 366 g/mol. The number of ether oxygens (including phenoxy) is 1. The Balaban J connectivity index is 1.40. The normalized spacial score (nSPS) is 16.9. The monoisotopic (exact) mass is 395 g/mol. The Kier molecular flexibility index (Phi) is 7.78. The fourth-order valence-corrected chi connectivity index (χ4v) is 3.42. The summed E-state index contributed by atoms with van der Waals surface area (Å²) in [6, 6.07) is 17.7. The van der Waals surface area contributed by atoms with Crippen LogP contribution in [0.4, 0.5) is 0 Å². The molecule has 2 N–H and O–H groups in total. The van der Waals surface area contributed by atoms with Crippen LogP contribution < -0.4 is 10.6 Å². The lowest BCUT2D eigenvalue weighted by molar-refractivity contribution is -0.125. The molecule has 6 nitrogen and oxygen atoms in total. The first-order chi connectivity index (χ1) is 14.1. The molecule has 0 bridgehead atoms. The number of amides is 2. The predicted octanol–water partition coefficient (Wildman–Crippen LogP) is 1.88. The van der Waals surface area contributed by atoms with Gasteiger partial charge in [0.05, 0.1) is 25.7 Å². The van der Waals surface area contributed by atoms with E-state index < -0.39 is 0 Å². The van der Waals surface area contributed by atoms with Gasteiger partial charge in [-0.15, -0.1) is 0 Å². The van der Waals surface area contributed by atoms with Crippen LogP contribution in [0.25, 0.3) is 0 Å². The summed E-state index contributed by atoms with van der Waals surface area (Å²) < 4.78 is 5.59. The molecule has 2 aromatic carbocycles. The molecule has 1 heterocycles. The fraction of sp³-hybridized carbons (Fsp3) is 0.391. The van der Waals surface area contributed by atoms with Crippen molar-refractivity contribution in [2.24, 2.45) is 0 Å². The molecule has 1 aliphatic heterocycles. The molecule has 29 heavy (non-hydrogen) atoms. The minimum Gasteiger partial charge on any atom is -0.376 e. The molecule has 1 fully saturated rings. The second-order valence-electron chi connectivity index (χ2n) is 7.45. The molecule has 0 aliphatic carbocycles. The van der Waals surface area contributed by atoms with E-state index in [2.05, 4.69) is 34.6 Å². The molecule has 0 spiro atoms. The highest BCUT2D eigenvalue weighted by Crippen LogP contribution is 2.12. The standard InChI is InChI=1S/C23H29N3O3/c1-18-16-26(10-11-29-18)17-21-9-5-8-20(12-21)14-24-23(28)15-25-22(27)13-19-6-3-2-4-7-19/h2-9,12,18H,10-11,13-17H2,1H3,(H,24,28)(H,25,27). The largest absolute Gasteiger partial charge is 0.376 e. The van der Waals surface area contributed by atoms with Crippen LogP contribution in [0.3, 0.4) is 0 Å². The van der Waals surface area contributed by atoms with Crippen molar-refractivity contribution in [1.82, 2.24) is 15.5 Å². The van der Waals surface area contributed by atoms with Crippen molar-refractivity contribution in [3.05, 3.63) is 71.3 Å². The zero-order chi connectivity index (χ0) is 20.5. The summed E-state index contributed by atoms with van der Waals surface area (Å²) in [7, 11) is 0. The van der Waals surface area contributed by atoms with Gasteiger partial charge >= 0.3 is 0 Å². The lowest BCUT2D eigenvalue weighted by atomic mass is 10.1. The van der Waals surface area contributed by atoms with Gasteiger partial charge in [-0.2, -0.15) is 0 Å². The smallest absolute Gasteiger partial charge is 0.239 e. The minimum atomic E-state index is -0.196. The first-order valence-corrected chi connectivity index (χ1v) is 10.1. The topological polar surface area (TPSA) is 70.7 Å². The van der Waals surface area contributed by atoms with Crippen molar-refractivity contribution in [2.45, 2.75) is 32.5 Å². The molecule has 3 rings (SSSR count). The minimum absolute atomic E-state index is 0.0168. The number of carbonyl (C=O) groups is 2. The predicted molar refractivity (Wildman–Crippen MR) is 112 cm³/mol. The third-order valence-electron chi connectivity index (χ3n) is 4.87. The maximum Gasteiger partial charge on any atom is 0.239 e. The quantitative estimate of drug-likeness (QED) is 0.716. The van der Waals surface area contributed by atoms with Gasteiger partial charge < -0.3 is 15.4 Å². The van der Waals surface area contributed by atoms with Crippen LogP contribution in [0.2, 0.25) is 0 Å². The number of benzene rings is 2. The van der Waals surface area contributed by atoms with Crippen LogP contribution in [-0.2, 0) is 33.8 Å². The van der Waals surface area contributed by atoms with Crippen LogP contribution in [-0.4, -0.2) is 49.1 Å². The third kappa shape index (κ3) is 7.33. The zero-order valence-corrected chi connectivity index (χ0v) is 16.9. The lowest BCUT2D eigenvalue weighted by Gasteiger charge is -2.31. The number of carbonyl (C=O) groups excluding carboxylic acids is 2. The number of morpholine rings is 1. The summed E-state index contributed by atoms with van der Waals surface area (Å²) in [6.07, 6.45) is 0.541. The third-order valence-corrected chi connectivity index (χ3v) is 4.87. The summed E-state index contributed by atoms with van der Waals surface area (Å²) in [5, 5.41) is 5.54. The van der Waals surface area contributed by atoms with E-state index in [1.54, 1.807) is 0 Å². The van der Waals surface area contributed by atoms with Gasteiger partial charge in [0.25, 0.3) is 0 Å². The van der Waals surface area contributed by atoms with Crippen LogP contribution in [0.1, 0.15) is 23.6 Å². The lowest BCUT2D eigenvalue weighted by Crippen LogP contribution is -2.40. The van der Waals surface area contributed by atoms with Gasteiger partial charge in [-0.05, 0) is 23.6 Å². The van der Waals surface area contributed by atoms with E-state index in [-0.39, 0.29) is 30.9 Å². The van der Waals surface area contributed by atoms with Gasteiger partial charge in [-0.3, -0.25) is 14.5 Å². The molecule has 154 valence electrons. The first-order valence-electron chi connectivity index (χ1n) is 10.1. The number of hydrogen-bond acceptors (Lipinski definition) is 4. The molecule has 0 radical (unpaired) electrons. The van der Waals surface area contributed by atoms with Crippen LogP contribution >= 0.6 is 0 Å². The average molecular weight is 396 g/mol. The Hall–Kier alpha value is -2.70. The van der Waals surface area contributed by atoms with Gasteiger partial charge in [0.1, 0.15) is 0 Å². The maximum absolute atomic E-state index is 12.1.